The molecule has 0 unspecified atom stereocenters. The summed E-state index contributed by atoms with van der Waals surface area (Å²) in [5.74, 6) is 6.55. The Morgan fingerprint density at radius 1 is 1.40 bits per heavy atom. The van der Waals surface area contributed by atoms with Crippen LogP contribution < -0.4 is 11.3 Å². The average molecular weight is 241 g/mol. The number of nitrogens with one attached hydrogen (secondary N) is 1. The molecule has 0 radical (unpaired) electrons. The number of anilines is 1. The van der Waals surface area contributed by atoms with E-state index in [4.69, 9.17) is 17.4 Å². The van der Waals surface area contributed by atoms with Crippen LogP contribution in [0, 0.1) is 6.92 Å². The van der Waals surface area contributed by atoms with Gasteiger partial charge in [-0.15, -0.1) is 11.3 Å². The van der Waals surface area contributed by atoms with Gasteiger partial charge in [0.15, 0.2) is 5.82 Å². The number of nitrogens with zero attached hydrogens (tertiary/aromatic N) is 2. The van der Waals surface area contributed by atoms with Crippen molar-refractivity contribution >= 4 is 28.8 Å². The standard InChI is InChI=1S/C9H9ClN4S/c1-5-4-8(14-11)13-9(12-5)6-2-3-7(10)15-6/h2-4H,11H2,1H3,(H,12,13,14). The molecule has 78 valence electrons. The van der Waals surface area contributed by atoms with Crippen molar-refractivity contribution < 1.29 is 0 Å². The molecule has 15 heavy (non-hydrogen) atoms. The quantitative estimate of drug-likeness (QED) is 0.625. The minimum atomic E-state index is 0.599. The molecule has 2 rings (SSSR count). The van der Waals surface area contributed by atoms with Crippen LogP contribution in [0.4, 0.5) is 5.82 Å². The first kappa shape index (κ1) is 10.4. The van der Waals surface area contributed by atoms with Gasteiger partial charge in [-0.2, -0.15) is 0 Å². The lowest BCUT2D eigenvalue weighted by Gasteiger charge is -2.02. The van der Waals surface area contributed by atoms with E-state index < -0.39 is 0 Å². The number of thiophene rings is 1. The number of nitrogens with two attached hydrogens (primary N) is 1. The molecule has 2 heterocycles. The Morgan fingerprint density at radius 3 is 2.80 bits per heavy atom. The van der Waals surface area contributed by atoms with Crippen molar-refractivity contribution in [1.82, 2.24) is 9.97 Å². The van der Waals surface area contributed by atoms with Crippen LogP contribution in [0.25, 0.3) is 10.7 Å². The van der Waals surface area contributed by atoms with Gasteiger partial charge in [-0.1, -0.05) is 11.6 Å². The van der Waals surface area contributed by atoms with Gasteiger partial charge >= 0.3 is 0 Å². The summed E-state index contributed by atoms with van der Waals surface area (Å²) in [4.78, 5) is 9.48. The van der Waals surface area contributed by atoms with Crippen LogP contribution in [0.2, 0.25) is 4.34 Å². The number of nitrogen functional groups attached to an aromatic ring is 1. The highest BCUT2D eigenvalue weighted by Gasteiger charge is 2.06. The van der Waals surface area contributed by atoms with Gasteiger partial charge in [0.1, 0.15) is 5.82 Å². The van der Waals surface area contributed by atoms with Crippen molar-refractivity contribution in [3.8, 4) is 10.7 Å². The average Bonchev–Trinajstić information content (AvgIpc) is 2.64. The predicted molar refractivity (Wildman–Crippen MR) is 62.9 cm³/mol. The Labute approximate surface area is 96.1 Å². The van der Waals surface area contributed by atoms with E-state index in [1.807, 2.05) is 19.1 Å². The van der Waals surface area contributed by atoms with Crippen LogP contribution in [0.15, 0.2) is 18.2 Å². The normalized spacial score (nSPS) is 10.3. The monoisotopic (exact) mass is 240 g/mol. The first-order chi connectivity index (χ1) is 7.19. The van der Waals surface area contributed by atoms with Gasteiger partial charge in [-0.3, -0.25) is 0 Å². The number of hydrogen-bond acceptors (Lipinski definition) is 5. The summed E-state index contributed by atoms with van der Waals surface area (Å²) in [5, 5.41) is 0. The molecule has 4 nitrogen and oxygen atoms in total. The summed E-state index contributed by atoms with van der Waals surface area (Å²) in [5.41, 5.74) is 3.36. The van der Waals surface area contributed by atoms with E-state index in [-0.39, 0.29) is 0 Å². The third kappa shape index (κ3) is 2.26. The summed E-state index contributed by atoms with van der Waals surface area (Å²) in [6.45, 7) is 1.89. The SMILES string of the molecule is Cc1cc(NN)nc(-c2ccc(Cl)s2)n1. The van der Waals surface area contributed by atoms with Gasteiger partial charge in [0, 0.05) is 11.8 Å². The van der Waals surface area contributed by atoms with E-state index in [9.17, 15) is 0 Å². The van der Waals surface area contributed by atoms with Crippen molar-refractivity contribution in [3.63, 3.8) is 0 Å². The van der Waals surface area contributed by atoms with E-state index >= 15 is 0 Å². The zero-order valence-electron chi connectivity index (χ0n) is 7.99. The predicted octanol–water partition coefficient (Wildman–Crippen LogP) is 2.45. The topological polar surface area (TPSA) is 63.8 Å². The molecule has 0 saturated heterocycles. The number of aryl methyl sites for hydroxylation is 1. The fraction of sp³-hybridized carbons (Fsp3) is 0.111. The van der Waals surface area contributed by atoms with Crippen LogP contribution in [0.5, 0.6) is 0 Å². The van der Waals surface area contributed by atoms with E-state index in [1.165, 1.54) is 11.3 Å². The molecule has 0 fully saturated rings. The molecule has 2 aromatic heterocycles. The second-order valence-corrected chi connectivity index (χ2v) is 4.68. The highest BCUT2D eigenvalue weighted by molar-refractivity contribution is 7.19. The summed E-state index contributed by atoms with van der Waals surface area (Å²) in [6, 6.07) is 5.49. The molecule has 0 spiro atoms. The van der Waals surface area contributed by atoms with Crippen molar-refractivity contribution in [2.45, 2.75) is 6.92 Å². The zero-order valence-corrected chi connectivity index (χ0v) is 9.56. The van der Waals surface area contributed by atoms with Gasteiger partial charge in [0.25, 0.3) is 0 Å². The number of halogens is 1. The summed E-state index contributed by atoms with van der Waals surface area (Å²) in [7, 11) is 0. The summed E-state index contributed by atoms with van der Waals surface area (Å²) in [6.07, 6.45) is 0. The van der Waals surface area contributed by atoms with Crippen molar-refractivity contribution in [2.75, 3.05) is 5.43 Å². The molecule has 2 aromatic rings. The number of rotatable bonds is 2. The highest BCUT2D eigenvalue weighted by atomic mass is 35.5. The van der Waals surface area contributed by atoms with Crippen molar-refractivity contribution in [1.29, 1.82) is 0 Å². The van der Waals surface area contributed by atoms with Gasteiger partial charge in [-0.25, -0.2) is 15.8 Å². The van der Waals surface area contributed by atoms with Crippen molar-refractivity contribution in [3.05, 3.63) is 28.2 Å². The Kier molecular flexibility index (Phi) is 2.86. The Bertz CT molecular complexity index is 483. The second-order valence-electron chi connectivity index (χ2n) is 2.97. The first-order valence-corrected chi connectivity index (χ1v) is 5.46. The number of hydrazine groups is 1. The third-order valence-corrected chi connectivity index (χ3v) is 3.02. The largest absolute Gasteiger partial charge is 0.308 e. The third-order valence-electron chi connectivity index (χ3n) is 1.80. The first-order valence-electron chi connectivity index (χ1n) is 4.27. The number of hydrogen-bond donors (Lipinski definition) is 2. The van der Waals surface area contributed by atoms with E-state index in [0.29, 0.717) is 11.6 Å². The van der Waals surface area contributed by atoms with Crippen LogP contribution in [0.3, 0.4) is 0 Å². The van der Waals surface area contributed by atoms with E-state index in [0.717, 1.165) is 14.9 Å². The van der Waals surface area contributed by atoms with Crippen LogP contribution >= 0.6 is 22.9 Å². The molecule has 6 heteroatoms. The van der Waals surface area contributed by atoms with Crippen LogP contribution in [-0.2, 0) is 0 Å². The molecule has 0 aliphatic heterocycles. The zero-order chi connectivity index (χ0) is 10.8. The minimum Gasteiger partial charge on any atom is -0.308 e. The maximum Gasteiger partial charge on any atom is 0.171 e. The molecular formula is C9H9ClN4S. The fourth-order valence-corrected chi connectivity index (χ4v) is 2.16. The molecule has 0 aliphatic rings. The molecule has 0 amide bonds. The molecule has 0 atom stereocenters. The maximum absolute atomic E-state index is 5.85. The molecule has 0 aliphatic carbocycles. The van der Waals surface area contributed by atoms with Gasteiger partial charge in [0.2, 0.25) is 0 Å². The minimum absolute atomic E-state index is 0.599. The van der Waals surface area contributed by atoms with Gasteiger partial charge < -0.3 is 5.43 Å². The van der Waals surface area contributed by atoms with Gasteiger partial charge in [-0.05, 0) is 19.1 Å². The maximum atomic E-state index is 5.85. The van der Waals surface area contributed by atoms with Gasteiger partial charge in [0.05, 0.1) is 9.21 Å². The molecule has 3 N–H and O–H groups in total. The van der Waals surface area contributed by atoms with Crippen LogP contribution in [-0.4, -0.2) is 9.97 Å². The molecular weight excluding hydrogens is 232 g/mol. The molecule has 0 saturated carbocycles. The number of aromatic nitrogens is 2. The van der Waals surface area contributed by atoms with Crippen molar-refractivity contribution in [2.24, 2.45) is 5.84 Å². The lowest BCUT2D eigenvalue weighted by atomic mass is 10.4. The Hall–Kier alpha value is -1.17. The molecule has 0 bridgehead atoms. The van der Waals surface area contributed by atoms with E-state index in [1.54, 1.807) is 6.07 Å². The summed E-state index contributed by atoms with van der Waals surface area (Å²) < 4.78 is 0.720. The lowest BCUT2D eigenvalue weighted by Crippen LogP contribution is -2.09. The Morgan fingerprint density at radius 2 is 2.20 bits per heavy atom. The molecule has 0 aromatic carbocycles. The van der Waals surface area contributed by atoms with Crippen LogP contribution in [0.1, 0.15) is 5.69 Å². The second kappa shape index (κ2) is 4.14. The fourth-order valence-electron chi connectivity index (χ4n) is 1.19. The van der Waals surface area contributed by atoms with E-state index in [2.05, 4.69) is 15.4 Å². The Balaban J connectivity index is 2.48. The highest BCUT2D eigenvalue weighted by Crippen LogP contribution is 2.29. The lowest BCUT2D eigenvalue weighted by molar-refractivity contribution is 1.10. The smallest absolute Gasteiger partial charge is 0.171 e. The summed E-state index contributed by atoms with van der Waals surface area (Å²) >= 11 is 7.29.